The van der Waals surface area contributed by atoms with E-state index in [2.05, 4.69) is 31.5 Å². The number of nitrogens with two attached hydrogens (primary N) is 1. The normalized spacial score (nSPS) is 11.2. The van der Waals surface area contributed by atoms with Crippen molar-refractivity contribution >= 4 is 11.6 Å². The summed E-state index contributed by atoms with van der Waals surface area (Å²) in [5, 5.41) is 2.96. The van der Waals surface area contributed by atoms with Crippen LogP contribution < -0.4 is 16.6 Å². The van der Waals surface area contributed by atoms with Gasteiger partial charge in [0, 0.05) is 12.1 Å². The van der Waals surface area contributed by atoms with Crippen molar-refractivity contribution < 1.29 is 4.79 Å². The maximum atomic E-state index is 12.0. The van der Waals surface area contributed by atoms with Gasteiger partial charge >= 0.3 is 0 Å². The van der Waals surface area contributed by atoms with Crippen molar-refractivity contribution in [3.63, 3.8) is 0 Å². The highest BCUT2D eigenvalue weighted by atomic mass is 16.1. The van der Waals surface area contributed by atoms with E-state index in [-0.39, 0.29) is 11.3 Å². The predicted octanol–water partition coefficient (Wildman–Crippen LogP) is 2.45. The maximum Gasteiger partial charge on any atom is 0.251 e. The zero-order chi connectivity index (χ0) is 13.8. The number of hydrogen-bond donors (Lipinski definition) is 3. The van der Waals surface area contributed by atoms with Gasteiger partial charge in [-0.15, -0.1) is 0 Å². The van der Waals surface area contributed by atoms with Crippen LogP contribution in [0.3, 0.4) is 0 Å². The molecule has 0 spiro atoms. The molecule has 4 nitrogen and oxygen atoms in total. The molecule has 0 heterocycles. The van der Waals surface area contributed by atoms with Crippen molar-refractivity contribution in [1.29, 1.82) is 0 Å². The van der Waals surface area contributed by atoms with Gasteiger partial charge in [0.25, 0.3) is 5.91 Å². The molecule has 1 amide bonds. The topological polar surface area (TPSA) is 67.2 Å². The van der Waals surface area contributed by atoms with Crippen LogP contribution >= 0.6 is 0 Å². The zero-order valence-corrected chi connectivity index (χ0v) is 11.6. The Kier molecular flexibility index (Phi) is 4.73. The van der Waals surface area contributed by atoms with Gasteiger partial charge in [-0.1, -0.05) is 20.8 Å². The molecule has 4 heteroatoms. The van der Waals surface area contributed by atoms with Gasteiger partial charge in [-0.25, -0.2) is 0 Å². The highest BCUT2D eigenvalue weighted by Crippen LogP contribution is 2.19. The van der Waals surface area contributed by atoms with Gasteiger partial charge in [0.15, 0.2) is 0 Å². The molecule has 0 bridgehead atoms. The van der Waals surface area contributed by atoms with Gasteiger partial charge in [-0.05, 0) is 42.5 Å². The van der Waals surface area contributed by atoms with Crippen LogP contribution in [0.2, 0.25) is 0 Å². The quantitative estimate of drug-likeness (QED) is 0.554. The Morgan fingerprint density at radius 1 is 1.39 bits per heavy atom. The monoisotopic (exact) mass is 249 g/mol. The average molecular weight is 249 g/mol. The fraction of sp³-hybridized carbons (Fsp3) is 0.500. The number of rotatable bonds is 5. The molecule has 0 saturated carbocycles. The molecule has 1 aromatic carbocycles. The lowest BCUT2D eigenvalue weighted by molar-refractivity contribution is 0.0935. The third-order valence-corrected chi connectivity index (χ3v) is 3.33. The summed E-state index contributed by atoms with van der Waals surface area (Å²) in [6, 6.07) is 5.43. The highest BCUT2D eigenvalue weighted by Gasteiger charge is 2.16. The summed E-state index contributed by atoms with van der Waals surface area (Å²) in [7, 11) is 0. The SMILES string of the molecule is CCC(C)(C)CNC(=O)c1ccc(NN)c(C)c1. The minimum absolute atomic E-state index is 0.0387. The summed E-state index contributed by atoms with van der Waals surface area (Å²) in [6.45, 7) is 9.00. The number of carbonyl (C=O) groups is 1. The molecule has 0 unspecified atom stereocenters. The number of hydrogen-bond acceptors (Lipinski definition) is 3. The summed E-state index contributed by atoms with van der Waals surface area (Å²) in [4.78, 5) is 12.0. The first kappa shape index (κ1) is 14.5. The van der Waals surface area contributed by atoms with Gasteiger partial charge in [-0.3, -0.25) is 10.6 Å². The van der Waals surface area contributed by atoms with E-state index in [0.29, 0.717) is 12.1 Å². The van der Waals surface area contributed by atoms with E-state index in [1.807, 2.05) is 19.1 Å². The summed E-state index contributed by atoms with van der Waals surface area (Å²) < 4.78 is 0. The van der Waals surface area contributed by atoms with Crippen LogP contribution in [0.4, 0.5) is 5.69 Å². The molecule has 1 rings (SSSR count). The summed E-state index contributed by atoms with van der Waals surface area (Å²) >= 11 is 0. The molecule has 100 valence electrons. The lowest BCUT2D eigenvalue weighted by atomic mass is 9.90. The summed E-state index contributed by atoms with van der Waals surface area (Å²) in [6.07, 6.45) is 1.03. The van der Waals surface area contributed by atoms with Gasteiger partial charge in [0.2, 0.25) is 0 Å². The molecule has 0 atom stereocenters. The standard InChI is InChI=1S/C14H23N3O/c1-5-14(3,4)9-16-13(18)11-6-7-12(17-15)10(2)8-11/h6-8,17H,5,9,15H2,1-4H3,(H,16,18). The minimum atomic E-state index is -0.0387. The zero-order valence-electron chi connectivity index (χ0n) is 11.6. The van der Waals surface area contributed by atoms with Gasteiger partial charge in [0.05, 0.1) is 5.69 Å². The number of carbonyl (C=O) groups excluding carboxylic acids is 1. The Labute approximate surface area is 109 Å². The van der Waals surface area contributed by atoms with Crippen molar-refractivity contribution in [2.75, 3.05) is 12.0 Å². The first-order chi connectivity index (χ1) is 8.39. The molecule has 0 radical (unpaired) electrons. The molecule has 18 heavy (non-hydrogen) atoms. The van der Waals surface area contributed by atoms with Crippen molar-refractivity contribution in [2.45, 2.75) is 34.1 Å². The molecule has 0 aliphatic heterocycles. The molecular formula is C14H23N3O. The fourth-order valence-electron chi connectivity index (χ4n) is 1.51. The van der Waals surface area contributed by atoms with Crippen LogP contribution in [0.25, 0.3) is 0 Å². The average Bonchev–Trinajstić information content (AvgIpc) is 2.36. The second-order valence-corrected chi connectivity index (χ2v) is 5.37. The van der Waals surface area contributed by atoms with Gasteiger partial charge in [0.1, 0.15) is 0 Å². The Balaban J connectivity index is 2.71. The number of nitrogen functional groups attached to an aromatic ring is 1. The van der Waals surface area contributed by atoms with E-state index in [1.165, 1.54) is 0 Å². The van der Waals surface area contributed by atoms with Crippen molar-refractivity contribution in [3.8, 4) is 0 Å². The van der Waals surface area contributed by atoms with E-state index < -0.39 is 0 Å². The van der Waals surface area contributed by atoms with Gasteiger partial charge in [-0.2, -0.15) is 0 Å². The van der Waals surface area contributed by atoms with Crippen LogP contribution in [0.5, 0.6) is 0 Å². The molecular weight excluding hydrogens is 226 g/mol. The van der Waals surface area contributed by atoms with Crippen molar-refractivity contribution in [2.24, 2.45) is 11.3 Å². The third kappa shape index (κ3) is 3.74. The van der Waals surface area contributed by atoms with E-state index in [9.17, 15) is 4.79 Å². The number of anilines is 1. The molecule has 0 aromatic heterocycles. The third-order valence-electron chi connectivity index (χ3n) is 3.33. The summed E-state index contributed by atoms with van der Waals surface area (Å²) in [5.41, 5.74) is 5.18. The van der Waals surface area contributed by atoms with Crippen molar-refractivity contribution in [3.05, 3.63) is 29.3 Å². The summed E-state index contributed by atoms with van der Waals surface area (Å²) in [5.74, 6) is 5.32. The Morgan fingerprint density at radius 3 is 2.56 bits per heavy atom. The number of aryl methyl sites for hydroxylation is 1. The maximum absolute atomic E-state index is 12.0. The number of benzene rings is 1. The van der Waals surface area contributed by atoms with Crippen LogP contribution in [0.1, 0.15) is 43.1 Å². The first-order valence-electron chi connectivity index (χ1n) is 6.25. The molecule has 0 saturated heterocycles. The predicted molar refractivity (Wildman–Crippen MR) is 75.4 cm³/mol. The van der Waals surface area contributed by atoms with Crippen LogP contribution in [0.15, 0.2) is 18.2 Å². The number of hydrazine groups is 1. The molecule has 0 aliphatic rings. The van der Waals surface area contributed by atoms with Crippen LogP contribution in [0, 0.1) is 12.3 Å². The molecule has 0 fully saturated rings. The van der Waals surface area contributed by atoms with Crippen LogP contribution in [-0.4, -0.2) is 12.5 Å². The molecule has 4 N–H and O–H groups in total. The van der Waals surface area contributed by atoms with Gasteiger partial charge < -0.3 is 10.7 Å². The lowest BCUT2D eigenvalue weighted by Crippen LogP contribution is -2.33. The lowest BCUT2D eigenvalue weighted by Gasteiger charge is -2.22. The number of nitrogens with one attached hydrogen (secondary N) is 2. The largest absolute Gasteiger partial charge is 0.352 e. The second-order valence-electron chi connectivity index (χ2n) is 5.37. The second kappa shape index (κ2) is 5.87. The number of amides is 1. The minimum Gasteiger partial charge on any atom is -0.352 e. The first-order valence-corrected chi connectivity index (χ1v) is 6.25. The Morgan fingerprint density at radius 2 is 2.06 bits per heavy atom. The van der Waals surface area contributed by atoms with E-state index >= 15 is 0 Å². The van der Waals surface area contributed by atoms with E-state index in [1.54, 1.807) is 6.07 Å². The Hall–Kier alpha value is -1.55. The smallest absolute Gasteiger partial charge is 0.251 e. The van der Waals surface area contributed by atoms with Crippen molar-refractivity contribution in [1.82, 2.24) is 5.32 Å². The Bertz CT molecular complexity index is 427. The van der Waals surface area contributed by atoms with Crippen LogP contribution in [-0.2, 0) is 0 Å². The fourth-order valence-corrected chi connectivity index (χ4v) is 1.51. The van der Waals surface area contributed by atoms with E-state index in [4.69, 9.17) is 5.84 Å². The van der Waals surface area contributed by atoms with E-state index in [0.717, 1.165) is 17.7 Å². The highest BCUT2D eigenvalue weighted by molar-refractivity contribution is 5.94. The molecule has 1 aromatic rings. The molecule has 0 aliphatic carbocycles.